The van der Waals surface area contributed by atoms with Gasteiger partial charge in [0, 0.05) is 11.3 Å². The number of nitro groups is 1. The average molecular weight is 294 g/mol. The lowest BCUT2D eigenvalue weighted by molar-refractivity contribution is -0.384. The minimum Gasteiger partial charge on any atom is -0.319 e. The molecule has 1 aliphatic carbocycles. The summed E-state index contributed by atoms with van der Waals surface area (Å²) >= 11 is 1.65. The number of amides is 1. The first-order chi connectivity index (χ1) is 9.58. The van der Waals surface area contributed by atoms with Crippen molar-refractivity contribution in [3.63, 3.8) is 0 Å². The van der Waals surface area contributed by atoms with E-state index < -0.39 is 4.92 Å². The predicted octanol–water partition coefficient (Wildman–Crippen LogP) is 3.52. The zero-order valence-electron chi connectivity index (χ0n) is 11.4. The highest BCUT2D eigenvalue weighted by Crippen LogP contribution is 2.30. The smallest absolute Gasteiger partial charge is 0.293 e. The highest BCUT2D eigenvalue weighted by molar-refractivity contribution is 8.00. The molecule has 0 bridgehead atoms. The van der Waals surface area contributed by atoms with E-state index in [4.69, 9.17) is 0 Å². The van der Waals surface area contributed by atoms with Crippen molar-refractivity contribution in [3.8, 4) is 0 Å². The van der Waals surface area contributed by atoms with Crippen molar-refractivity contribution in [2.45, 2.75) is 37.9 Å². The normalized spacial score (nSPS) is 15.2. The van der Waals surface area contributed by atoms with Gasteiger partial charge in [-0.15, -0.1) is 11.8 Å². The number of para-hydroxylation sites is 1. The second-order valence-electron chi connectivity index (χ2n) is 4.99. The summed E-state index contributed by atoms with van der Waals surface area (Å²) in [6, 6.07) is 4.79. The molecule has 1 saturated carbocycles. The molecule has 2 rings (SSSR count). The molecule has 1 aromatic rings. The number of nitrogens with one attached hydrogen (secondary N) is 1. The standard InChI is InChI=1S/C14H18N2O3S/c1-10-5-4-8-12(16(18)19)14(10)15-13(17)9-20-11-6-2-3-7-11/h4-5,8,11H,2-3,6-7,9H2,1H3,(H,15,17). The van der Waals surface area contributed by atoms with Gasteiger partial charge in [0.25, 0.3) is 5.69 Å². The van der Waals surface area contributed by atoms with Crippen molar-refractivity contribution >= 4 is 29.0 Å². The zero-order valence-corrected chi connectivity index (χ0v) is 12.2. The molecule has 6 heteroatoms. The maximum absolute atomic E-state index is 11.9. The molecule has 0 atom stereocenters. The van der Waals surface area contributed by atoms with Gasteiger partial charge in [0.05, 0.1) is 10.7 Å². The third-order valence-electron chi connectivity index (χ3n) is 3.46. The van der Waals surface area contributed by atoms with E-state index in [-0.39, 0.29) is 11.6 Å². The van der Waals surface area contributed by atoms with E-state index >= 15 is 0 Å². The third-order valence-corrected chi connectivity index (χ3v) is 4.84. The lowest BCUT2D eigenvalue weighted by atomic mass is 10.1. The first-order valence-electron chi connectivity index (χ1n) is 6.73. The molecule has 1 amide bonds. The Morgan fingerprint density at radius 3 is 2.80 bits per heavy atom. The molecule has 0 heterocycles. The van der Waals surface area contributed by atoms with Gasteiger partial charge in [-0.25, -0.2) is 0 Å². The van der Waals surface area contributed by atoms with Crippen LogP contribution in [0.4, 0.5) is 11.4 Å². The maximum Gasteiger partial charge on any atom is 0.293 e. The number of aryl methyl sites for hydroxylation is 1. The molecule has 1 N–H and O–H groups in total. The van der Waals surface area contributed by atoms with Gasteiger partial charge in [-0.05, 0) is 25.3 Å². The van der Waals surface area contributed by atoms with Gasteiger partial charge in [0.1, 0.15) is 5.69 Å². The van der Waals surface area contributed by atoms with Crippen molar-refractivity contribution in [1.82, 2.24) is 0 Å². The number of nitro benzene ring substituents is 1. The van der Waals surface area contributed by atoms with E-state index in [0.29, 0.717) is 22.3 Å². The first kappa shape index (κ1) is 14.8. The van der Waals surface area contributed by atoms with Gasteiger partial charge in [0.2, 0.25) is 5.91 Å². The molecule has 0 aromatic heterocycles. The third kappa shape index (κ3) is 3.72. The van der Waals surface area contributed by atoms with Gasteiger partial charge in [0.15, 0.2) is 0 Å². The van der Waals surface area contributed by atoms with Gasteiger partial charge in [-0.3, -0.25) is 14.9 Å². The van der Waals surface area contributed by atoms with Crippen molar-refractivity contribution in [3.05, 3.63) is 33.9 Å². The number of hydrogen-bond acceptors (Lipinski definition) is 4. The Bertz CT molecular complexity index is 513. The number of nitrogens with zero attached hydrogens (tertiary/aromatic N) is 1. The van der Waals surface area contributed by atoms with Crippen molar-refractivity contribution in [2.75, 3.05) is 11.1 Å². The summed E-state index contributed by atoms with van der Waals surface area (Å²) in [5.74, 6) is 0.190. The van der Waals surface area contributed by atoms with E-state index in [9.17, 15) is 14.9 Å². The summed E-state index contributed by atoms with van der Waals surface area (Å²) < 4.78 is 0. The number of thioether (sulfide) groups is 1. The minimum atomic E-state index is -0.466. The van der Waals surface area contributed by atoms with Gasteiger partial charge in [-0.1, -0.05) is 25.0 Å². The van der Waals surface area contributed by atoms with Gasteiger partial charge in [-0.2, -0.15) is 0 Å². The molecule has 0 unspecified atom stereocenters. The molecule has 1 aliphatic rings. The Labute approximate surface area is 122 Å². The maximum atomic E-state index is 11.9. The SMILES string of the molecule is Cc1cccc([N+](=O)[O-])c1NC(=O)CSC1CCCC1. The number of carbonyl (C=O) groups excluding carboxylic acids is 1. The van der Waals surface area contributed by atoms with Crippen LogP contribution in [0, 0.1) is 17.0 Å². The number of carbonyl (C=O) groups is 1. The summed E-state index contributed by atoms with van der Waals surface area (Å²) in [5, 5.41) is 14.2. The van der Waals surface area contributed by atoms with E-state index in [1.807, 2.05) is 0 Å². The lowest BCUT2D eigenvalue weighted by Gasteiger charge is -2.11. The van der Waals surface area contributed by atoms with Gasteiger partial charge < -0.3 is 5.32 Å². The van der Waals surface area contributed by atoms with Crippen molar-refractivity contribution < 1.29 is 9.72 Å². The Balaban J connectivity index is 1.98. The molecule has 0 aliphatic heterocycles. The molecule has 5 nitrogen and oxygen atoms in total. The van der Waals surface area contributed by atoms with Crippen LogP contribution >= 0.6 is 11.8 Å². The van der Waals surface area contributed by atoms with Gasteiger partial charge >= 0.3 is 0 Å². The highest BCUT2D eigenvalue weighted by Gasteiger charge is 2.20. The molecule has 20 heavy (non-hydrogen) atoms. The second kappa shape index (κ2) is 6.74. The van der Waals surface area contributed by atoms with Crippen molar-refractivity contribution in [2.24, 2.45) is 0 Å². The van der Waals surface area contributed by atoms with Crippen LogP contribution in [-0.2, 0) is 4.79 Å². The Morgan fingerprint density at radius 1 is 1.45 bits per heavy atom. The quantitative estimate of drug-likeness (QED) is 0.666. The van der Waals surface area contributed by atoms with Crippen LogP contribution in [-0.4, -0.2) is 21.8 Å². The molecule has 0 spiro atoms. The fourth-order valence-corrected chi connectivity index (χ4v) is 3.52. The molecule has 1 aromatic carbocycles. The summed E-state index contributed by atoms with van der Waals surface area (Å²) in [7, 11) is 0. The molecule has 0 radical (unpaired) electrons. The lowest BCUT2D eigenvalue weighted by Crippen LogP contribution is -2.17. The molecular weight excluding hydrogens is 276 g/mol. The fourth-order valence-electron chi connectivity index (χ4n) is 2.39. The van der Waals surface area contributed by atoms with E-state index in [2.05, 4.69) is 5.32 Å². The summed E-state index contributed by atoms with van der Waals surface area (Å²) in [6.45, 7) is 1.76. The fraction of sp³-hybridized carbons (Fsp3) is 0.500. The van der Waals surface area contributed by atoms with E-state index in [1.165, 1.54) is 31.7 Å². The largest absolute Gasteiger partial charge is 0.319 e. The molecule has 1 fully saturated rings. The monoisotopic (exact) mass is 294 g/mol. The first-order valence-corrected chi connectivity index (χ1v) is 7.78. The van der Waals surface area contributed by atoms with Crippen LogP contribution in [0.15, 0.2) is 18.2 Å². The summed E-state index contributed by atoms with van der Waals surface area (Å²) in [5.41, 5.74) is 0.970. The van der Waals surface area contributed by atoms with Crippen LogP contribution in [0.5, 0.6) is 0 Å². The Kier molecular flexibility index (Phi) is 5.00. The zero-order chi connectivity index (χ0) is 14.5. The predicted molar refractivity (Wildman–Crippen MR) is 81.2 cm³/mol. The van der Waals surface area contributed by atoms with Crippen LogP contribution in [0.1, 0.15) is 31.2 Å². The summed E-state index contributed by atoms with van der Waals surface area (Å²) in [6.07, 6.45) is 4.82. The van der Waals surface area contributed by atoms with Crippen LogP contribution < -0.4 is 5.32 Å². The molecule has 0 saturated heterocycles. The number of hydrogen-bond donors (Lipinski definition) is 1. The average Bonchev–Trinajstić information content (AvgIpc) is 2.91. The number of rotatable bonds is 5. The highest BCUT2D eigenvalue weighted by atomic mass is 32.2. The van der Waals surface area contributed by atoms with E-state index in [0.717, 1.165) is 0 Å². The Morgan fingerprint density at radius 2 is 2.15 bits per heavy atom. The van der Waals surface area contributed by atoms with E-state index in [1.54, 1.807) is 30.8 Å². The molecular formula is C14H18N2O3S. The topological polar surface area (TPSA) is 72.2 Å². The van der Waals surface area contributed by atoms with Crippen LogP contribution in [0.25, 0.3) is 0 Å². The molecule has 108 valence electrons. The Hall–Kier alpha value is -1.56. The minimum absolute atomic E-state index is 0.0517. The second-order valence-corrected chi connectivity index (χ2v) is 6.28. The summed E-state index contributed by atoms with van der Waals surface area (Å²) in [4.78, 5) is 22.4. The van der Waals surface area contributed by atoms with Crippen molar-refractivity contribution in [1.29, 1.82) is 0 Å². The van der Waals surface area contributed by atoms with Crippen LogP contribution in [0.3, 0.4) is 0 Å². The number of benzene rings is 1. The number of anilines is 1. The van der Waals surface area contributed by atoms with Crippen LogP contribution in [0.2, 0.25) is 0 Å².